The van der Waals surface area contributed by atoms with Crippen LogP contribution >= 0.6 is 0 Å². The van der Waals surface area contributed by atoms with Crippen LogP contribution in [0.4, 0.5) is 0 Å². The van der Waals surface area contributed by atoms with Crippen molar-refractivity contribution in [1.82, 2.24) is 15.1 Å². The Morgan fingerprint density at radius 1 is 1.24 bits per heavy atom. The molecule has 0 aromatic rings. The number of carbonyl (C=O) groups excluding carboxylic acids is 1. The van der Waals surface area contributed by atoms with Crippen LogP contribution in [0.15, 0.2) is 0 Å². The van der Waals surface area contributed by atoms with Gasteiger partial charge in [-0.1, -0.05) is 6.92 Å². The number of nitrogens with one attached hydrogen (secondary N) is 1. The van der Waals surface area contributed by atoms with E-state index in [0.29, 0.717) is 24.4 Å². The maximum Gasteiger partial charge on any atom is 0.222 e. The molecule has 1 N–H and O–H groups in total. The zero-order valence-electron chi connectivity index (χ0n) is 11.1. The van der Waals surface area contributed by atoms with Crippen LogP contribution in [0.25, 0.3) is 0 Å². The van der Waals surface area contributed by atoms with Gasteiger partial charge in [0.2, 0.25) is 5.91 Å². The third kappa shape index (κ3) is 3.42. The summed E-state index contributed by atoms with van der Waals surface area (Å²) in [6.07, 6.45) is 4.23. The summed E-state index contributed by atoms with van der Waals surface area (Å²) in [5.41, 5.74) is 0. The van der Waals surface area contributed by atoms with Crippen molar-refractivity contribution in [3.8, 4) is 0 Å². The Morgan fingerprint density at radius 2 is 1.94 bits per heavy atom. The van der Waals surface area contributed by atoms with Crippen molar-refractivity contribution in [3.05, 3.63) is 0 Å². The molecule has 4 heteroatoms. The highest BCUT2D eigenvalue weighted by Gasteiger charge is 2.26. The standard InChI is InChI=1S/C13H25N3O/c1-3-16-8-6-11(7-9-16)14-12-4-5-13(17)15(2)10-12/h11-12,14H,3-10H2,1-2H3. The normalized spacial score (nSPS) is 28.7. The van der Waals surface area contributed by atoms with E-state index in [1.165, 1.54) is 32.5 Å². The molecule has 0 aromatic carbocycles. The molecule has 17 heavy (non-hydrogen) atoms. The van der Waals surface area contributed by atoms with E-state index in [1.54, 1.807) is 0 Å². The number of likely N-dealkylation sites (N-methyl/N-ethyl adjacent to an activating group) is 1. The average molecular weight is 239 g/mol. The summed E-state index contributed by atoms with van der Waals surface area (Å²) in [6.45, 7) is 6.72. The molecular weight excluding hydrogens is 214 g/mol. The van der Waals surface area contributed by atoms with E-state index in [2.05, 4.69) is 17.1 Å². The zero-order valence-corrected chi connectivity index (χ0v) is 11.1. The quantitative estimate of drug-likeness (QED) is 0.787. The van der Waals surface area contributed by atoms with Crippen molar-refractivity contribution >= 4 is 5.91 Å². The topological polar surface area (TPSA) is 35.6 Å². The van der Waals surface area contributed by atoms with Crippen LogP contribution < -0.4 is 5.32 Å². The van der Waals surface area contributed by atoms with E-state index in [-0.39, 0.29) is 0 Å². The predicted octanol–water partition coefficient (Wildman–Crippen LogP) is 0.681. The molecule has 1 amide bonds. The summed E-state index contributed by atoms with van der Waals surface area (Å²) in [5, 5.41) is 3.73. The van der Waals surface area contributed by atoms with Crippen molar-refractivity contribution in [2.45, 2.75) is 44.7 Å². The molecule has 4 nitrogen and oxygen atoms in total. The van der Waals surface area contributed by atoms with E-state index >= 15 is 0 Å². The largest absolute Gasteiger partial charge is 0.344 e. The summed E-state index contributed by atoms with van der Waals surface area (Å²) >= 11 is 0. The number of likely N-dealkylation sites (tertiary alicyclic amines) is 2. The third-order valence-corrected chi connectivity index (χ3v) is 4.13. The van der Waals surface area contributed by atoms with Crippen molar-refractivity contribution in [2.24, 2.45) is 0 Å². The van der Waals surface area contributed by atoms with Gasteiger partial charge in [0.05, 0.1) is 0 Å². The molecule has 0 radical (unpaired) electrons. The molecule has 2 rings (SSSR count). The molecule has 0 aromatic heterocycles. The number of piperidine rings is 2. The number of hydrogen-bond donors (Lipinski definition) is 1. The summed E-state index contributed by atoms with van der Waals surface area (Å²) in [7, 11) is 1.91. The second kappa shape index (κ2) is 5.83. The van der Waals surface area contributed by atoms with Crippen LogP contribution in [0.1, 0.15) is 32.6 Å². The van der Waals surface area contributed by atoms with Crippen molar-refractivity contribution in [3.63, 3.8) is 0 Å². The van der Waals surface area contributed by atoms with Crippen LogP contribution in [-0.4, -0.2) is 61.0 Å². The Bertz CT molecular complexity index is 261. The summed E-state index contributed by atoms with van der Waals surface area (Å²) in [6, 6.07) is 1.17. The number of rotatable bonds is 3. The first-order chi connectivity index (χ1) is 8.19. The van der Waals surface area contributed by atoms with Crippen LogP contribution in [0.5, 0.6) is 0 Å². The van der Waals surface area contributed by atoms with Crippen LogP contribution in [0.2, 0.25) is 0 Å². The first-order valence-corrected chi connectivity index (χ1v) is 6.91. The highest BCUT2D eigenvalue weighted by molar-refractivity contribution is 5.76. The number of carbonyl (C=O) groups is 1. The lowest BCUT2D eigenvalue weighted by Crippen LogP contribution is -2.52. The van der Waals surface area contributed by atoms with Crippen molar-refractivity contribution in [1.29, 1.82) is 0 Å². The fourth-order valence-electron chi connectivity index (χ4n) is 2.90. The van der Waals surface area contributed by atoms with Gasteiger partial charge in [-0.05, 0) is 38.9 Å². The van der Waals surface area contributed by atoms with Gasteiger partial charge in [0.25, 0.3) is 0 Å². The molecule has 2 heterocycles. The minimum Gasteiger partial charge on any atom is -0.344 e. The van der Waals surface area contributed by atoms with Gasteiger partial charge in [-0.15, -0.1) is 0 Å². The second-order valence-corrected chi connectivity index (χ2v) is 5.39. The highest BCUT2D eigenvalue weighted by Crippen LogP contribution is 2.15. The Balaban J connectivity index is 1.73. The molecule has 0 aliphatic carbocycles. The number of nitrogens with zero attached hydrogens (tertiary/aromatic N) is 2. The average Bonchev–Trinajstić information content (AvgIpc) is 2.35. The SMILES string of the molecule is CCN1CCC(NC2CCC(=O)N(C)C2)CC1. The molecule has 2 fully saturated rings. The molecule has 0 bridgehead atoms. The van der Waals surface area contributed by atoms with E-state index < -0.39 is 0 Å². The van der Waals surface area contributed by atoms with Gasteiger partial charge in [-0.3, -0.25) is 4.79 Å². The molecule has 0 saturated carbocycles. The Morgan fingerprint density at radius 3 is 2.53 bits per heavy atom. The summed E-state index contributed by atoms with van der Waals surface area (Å²) in [5.74, 6) is 0.295. The van der Waals surface area contributed by atoms with Crippen LogP contribution in [0.3, 0.4) is 0 Å². The first-order valence-electron chi connectivity index (χ1n) is 6.91. The van der Waals surface area contributed by atoms with Gasteiger partial charge in [0.1, 0.15) is 0 Å². The molecule has 1 unspecified atom stereocenters. The fourth-order valence-corrected chi connectivity index (χ4v) is 2.90. The summed E-state index contributed by atoms with van der Waals surface area (Å²) < 4.78 is 0. The smallest absolute Gasteiger partial charge is 0.222 e. The van der Waals surface area contributed by atoms with Gasteiger partial charge in [0, 0.05) is 32.1 Å². The van der Waals surface area contributed by atoms with Gasteiger partial charge in [-0.25, -0.2) is 0 Å². The number of amides is 1. The minimum absolute atomic E-state index is 0.295. The molecule has 0 spiro atoms. The lowest BCUT2D eigenvalue weighted by atomic mass is 10.00. The lowest BCUT2D eigenvalue weighted by Gasteiger charge is -2.37. The molecular formula is C13H25N3O. The summed E-state index contributed by atoms with van der Waals surface area (Å²) in [4.78, 5) is 15.8. The van der Waals surface area contributed by atoms with Gasteiger partial charge >= 0.3 is 0 Å². The lowest BCUT2D eigenvalue weighted by molar-refractivity contribution is -0.132. The Labute approximate surface area is 104 Å². The monoisotopic (exact) mass is 239 g/mol. The van der Waals surface area contributed by atoms with Crippen molar-refractivity contribution in [2.75, 3.05) is 33.2 Å². The maximum absolute atomic E-state index is 11.4. The van der Waals surface area contributed by atoms with E-state index in [1.807, 2.05) is 11.9 Å². The van der Waals surface area contributed by atoms with Gasteiger partial charge < -0.3 is 15.1 Å². The Hall–Kier alpha value is -0.610. The third-order valence-electron chi connectivity index (χ3n) is 4.13. The molecule has 2 aliphatic rings. The van der Waals surface area contributed by atoms with Gasteiger partial charge in [-0.2, -0.15) is 0 Å². The highest BCUT2D eigenvalue weighted by atomic mass is 16.2. The van der Waals surface area contributed by atoms with Crippen molar-refractivity contribution < 1.29 is 4.79 Å². The van der Waals surface area contributed by atoms with E-state index in [4.69, 9.17) is 0 Å². The molecule has 98 valence electrons. The van der Waals surface area contributed by atoms with Gasteiger partial charge in [0.15, 0.2) is 0 Å². The number of hydrogen-bond acceptors (Lipinski definition) is 3. The second-order valence-electron chi connectivity index (χ2n) is 5.39. The minimum atomic E-state index is 0.295. The van der Waals surface area contributed by atoms with Crippen LogP contribution in [0, 0.1) is 0 Å². The van der Waals surface area contributed by atoms with Crippen LogP contribution in [-0.2, 0) is 4.79 Å². The van der Waals surface area contributed by atoms with E-state index in [9.17, 15) is 4.79 Å². The Kier molecular flexibility index (Phi) is 4.40. The fraction of sp³-hybridized carbons (Fsp3) is 0.923. The molecule has 2 saturated heterocycles. The maximum atomic E-state index is 11.4. The predicted molar refractivity (Wildman–Crippen MR) is 68.9 cm³/mol. The molecule has 2 aliphatic heterocycles. The zero-order chi connectivity index (χ0) is 12.3. The van der Waals surface area contributed by atoms with E-state index in [0.717, 1.165) is 13.0 Å². The first kappa shape index (κ1) is 12.8. The molecule has 1 atom stereocenters.